The van der Waals surface area contributed by atoms with Crippen LogP contribution in [0.5, 0.6) is 11.5 Å². The Hall–Kier alpha value is -3.74. The SMILES string of the molecule is CCOC(=O)c1oc2ccccc2c1COC(=O)/C=C/c1ccc(OCC)c(OC)c1. The van der Waals surface area contributed by atoms with Gasteiger partial charge in [-0.25, -0.2) is 9.59 Å². The highest BCUT2D eigenvalue weighted by atomic mass is 16.5. The van der Waals surface area contributed by atoms with Crippen LogP contribution in [-0.4, -0.2) is 32.3 Å². The Labute approximate surface area is 180 Å². The van der Waals surface area contributed by atoms with Crippen molar-refractivity contribution < 1.29 is 33.0 Å². The number of furan rings is 1. The van der Waals surface area contributed by atoms with Crippen molar-refractivity contribution in [1.82, 2.24) is 0 Å². The van der Waals surface area contributed by atoms with E-state index in [1.807, 2.05) is 13.0 Å². The maximum Gasteiger partial charge on any atom is 0.374 e. The van der Waals surface area contributed by atoms with Crippen LogP contribution in [0.3, 0.4) is 0 Å². The largest absolute Gasteiger partial charge is 0.493 e. The van der Waals surface area contributed by atoms with E-state index in [4.69, 9.17) is 23.4 Å². The molecule has 3 aromatic rings. The summed E-state index contributed by atoms with van der Waals surface area (Å²) in [6, 6.07) is 12.5. The van der Waals surface area contributed by atoms with Crippen LogP contribution in [-0.2, 0) is 20.9 Å². The maximum absolute atomic E-state index is 12.3. The minimum atomic E-state index is -0.596. The predicted molar refractivity (Wildman–Crippen MR) is 115 cm³/mol. The van der Waals surface area contributed by atoms with Crippen LogP contribution in [0.15, 0.2) is 53.0 Å². The summed E-state index contributed by atoms with van der Waals surface area (Å²) in [7, 11) is 1.55. The molecule has 0 saturated heterocycles. The first-order valence-corrected chi connectivity index (χ1v) is 9.90. The second kappa shape index (κ2) is 10.3. The highest BCUT2D eigenvalue weighted by Crippen LogP contribution is 2.29. The highest BCUT2D eigenvalue weighted by Gasteiger charge is 2.22. The molecule has 0 atom stereocenters. The maximum atomic E-state index is 12.3. The number of rotatable bonds is 9. The Balaban J connectivity index is 1.73. The number of benzene rings is 2. The van der Waals surface area contributed by atoms with Crippen molar-refractivity contribution in [1.29, 1.82) is 0 Å². The normalized spacial score (nSPS) is 10.9. The summed E-state index contributed by atoms with van der Waals surface area (Å²) in [5, 5.41) is 0.693. The van der Waals surface area contributed by atoms with E-state index >= 15 is 0 Å². The van der Waals surface area contributed by atoms with Crippen LogP contribution in [0.1, 0.15) is 35.5 Å². The summed E-state index contributed by atoms with van der Waals surface area (Å²) in [4.78, 5) is 24.5. The predicted octanol–water partition coefficient (Wildman–Crippen LogP) is 4.77. The van der Waals surface area contributed by atoms with Gasteiger partial charge in [0.1, 0.15) is 12.2 Å². The molecule has 0 bridgehead atoms. The molecule has 2 aromatic carbocycles. The molecular formula is C24H24O7. The summed E-state index contributed by atoms with van der Waals surface area (Å²) in [6.45, 7) is 4.21. The van der Waals surface area contributed by atoms with Crippen LogP contribution < -0.4 is 9.47 Å². The van der Waals surface area contributed by atoms with Gasteiger partial charge in [0.15, 0.2) is 11.5 Å². The lowest BCUT2D eigenvalue weighted by atomic mass is 10.1. The van der Waals surface area contributed by atoms with Gasteiger partial charge < -0.3 is 23.4 Å². The molecule has 162 valence electrons. The molecular weight excluding hydrogens is 400 g/mol. The number of carbonyl (C=O) groups is 2. The molecule has 0 aliphatic rings. The summed E-state index contributed by atoms with van der Waals surface area (Å²) >= 11 is 0. The minimum Gasteiger partial charge on any atom is -0.493 e. The van der Waals surface area contributed by atoms with Gasteiger partial charge >= 0.3 is 11.9 Å². The number of hydrogen-bond donors (Lipinski definition) is 0. The van der Waals surface area contributed by atoms with E-state index in [2.05, 4.69) is 0 Å². The standard InChI is InChI=1S/C24H24O7/c1-4-28-20-12-10-16(14-21(20)27-3)11-13-22(25)30-15-18-17-8-6-7-9-19(17)31-23(18)24(26)29-5-2/h6-14H,4-5,15H2,1-3H3/b13-11+. The third kappa shape index (κ3) is 5.25. The van der Waals surface area contributed by atoms with Gasteiger partial charge in [0, 0.05) is 11.5 Å². The van der Waals surface area contributed by atoms with E-state index < -0.39 is 11.9 Å². The minimum absolute atomic E-state index is 0.0380. The van der Waals surface area contributed by atoms with E-state index in [9.17, 15) is 9.59 Å². The molecule has 0 aliphatic carbocycles. The molecule has 0 saturated carbocycles. The average molecular weight is 424 g/mol. The summed E-state index contributed by atoms with van der Waals surface area (Å²) in [5.74, 6) is 0.0789. The monoisotopic (exact) mass is 424 g/mol. The van der Waals surface area contributed by atoms with Crippen LogP contribution in [0, 0.1) is 0 Å². The third-order valence-corrected chi connectivity index (χ3v) is 4.42. The first-order valence-electron chi connectivity index (χ1n) is 9.90. The lowest BCUT2D eigenvalue weighted by Gasteiger charge is -2.09. The topological polar surface area (TPSA) is 84.2 Å². The molecule has 1 aromatic heterocycles. The Morgan fingerprint density at radius 3 is 2.55 bits per heavy atom. The lowest BCUT2D eigenvalue weighted by Crippen LogP contribution is -2.08. The number of fused-ring (bicyclic) bond motifs is 1. The van der Waals surface area contributed by atoms with Gasteiger partial charge in [0.25, 0.3) is 0 Å². The van der Waals surface area contributed by atoms with Crippen LogP contribution in [0.25, 0.3) is 17.0 Å². The molecule has 0 radical (unpaired) electrons. The molecule has 0 spiro atoms. The Morgan fingerprint density at radius 2 is 1.81 bits per heavy atom. The number of esters is 2. The van der Waals surface area contributed by atoms with E-state index in [-0.39, 0.29) is 19.0 Å². The van der Waals surface area contributed by atoms with Crippen molar-refractivity contribution in [3.63, 3.8) is 0 Å². The van der Waals surface area contributed by atoms with Gasteiger partial charge in [0.2, 0.25) is 5.76 Å². The first kappa shape index (κ1) is 22.0. The van der Waals surface area contributed by atoms with Crippen molar-refractivity contribution >= 4 is 29.0 Å². The lowest BCUT2D eigenvalue weighted by molar-refractivity contribution is -0.138. The van der Waals surface area contributed by atoms with Crippen LogP contribution in [0.2, 0.25) is 0 Å². The number of hydrogen-bond acceptors (Lipinski definition) is 7. The fraction of sp³-hybridized carbons (Fsp3) is 0.250. The van der Waals surface area contributed by atoms with Crippen molar-refractivity contribution in [3.05, 3.63) is 65.4 Å². The molecule has 0 fully saturated rings. The van der Waals surface area contributed by atoms with Gasteiger partial charge in [-0.05, 0) is 43.7 Å². The summed E-state index contributed by atoms with van der Waals surface area (Å²) < 4.78 is 26.8. The second-order valence-electron chi connectivity index (χ2n) is 6.41. The molecule has 0 N–H and O–H groups in total. The molecule has 31 heavy (non-hydrogen) atoms. The smallest absolute Gasteiger partial charge is 0.374 e. The van der Waals surface area contributed by atoms with Gasteiger partial charge in [-0.3, -0.25) is 0 Å². The average Bonchev–Trinajstić information content (AvgIpc) is 3.16. The fourth-order valence-corrected chi connectivity index (χ4v) is 3.02. The molecule has 0 aliphatic heterocycles. The van der Waals surface area contributed by atoms with E-state index in [1.165, 1.54) is 6.08 Å². The van der Waals surface area contributed by atoms with E-state index in [1.54, 1.807) is 56.5 Å². The molecule has 0 amide bonds. The third-order valence-electron chi connectivity index (χ3n) is 4.42. The zero-order valence-electron chi connectivity index (χ0n) is 17.7. The Bertz CT molecular complexity index is 1090. The van der Waals surface area contributed by atoms with Gasteiger partial charge in [0.05, 0.1) is 25.9 Å². The molecule has 0 unspecified atom stereocenters. The van der Waals surface area contributed by atoms with Gasteiger partial charge in [-0.1, -0.05) is 24.3 Å². The van der Waals surface area contributed by atoms with Crippen LogP contribution in [0.4, 0.5) is 0 Å². The van der Waals surface area contributed by atoms with Crippen molar-refractivity contribution in [3.8, 4) is 11.5 Å². The van der Waals surface area contributed by atoms with E-state index in [0.29, 0.717) is 34.6 Å². The molecule has 7 heteroatoms. The van der Waals surface area contributed by atoms with Gasteiger partial charge in [-0.2, -0.15) is 0 Å². The fourth-order valence-electron chi connectivity index (χ4n) is 3.02. The summed E-state index contributed by atoms with van der Waals surface area (Å²) in [5.41, 5.74) is 1.74. The number of carbonyl (C=O) groups excluding carboxylic acids is 2. The molecule has 1 heterocycles. The first-order chi connectivity index (χ1) is 15.1. The Morgan fingerprint density at radius 1 is 1.00 bits per heavy atom. The van der Waals surface area contributed by atoms with Crippen LogP contribution >= 0.6 is 0 Å². The van der Waals surface area contributed by atoms with Crippen molar-refractivity contribution in [2.24, 2.45) is 0 Å². The second-order valence-corrected chi connectivity index (χ2v) is 6.41. The number of methoxy groups -OCH3 is 1. The molecule has 7 nitrogen and oxygen atoms in total. The summed E-state index contributed by atoms with van der Waals surface area (Å²) in [6.07, 6.45) is 2.92. The number of para-hydroxylation sites is 1. The van der Waals surface area contributed by atoms with Crippen molar-refractivity contribution in [2.45, 2.75) is 20.5 Å². The zero-order chi connectivity index (χ0) is 22.2. The van der Waals surface area contributed by atoms with Crippen molar-refractivity contribution in [2.75, 3.05) is 20.3 Å². The van der Waals surface area contributed by atoms with E-state index in [0.717, 1.165) is 5.56 Å². The van der Waals surface area contributed by atoms with Gasteiger partial charge in [-0.15, -0.1) is 0 Å². The Kier molecular flexibility index (Phi) is 7.32. The highest BCUT2D eigenvalue weighted by molar-refractivity contribution is 5.96. The number of ether oxygens (including phenoxy) is 4. The zero-order valence-corrected chi connectivity index (χ0v) is 17.7. The molecule has 3 rings (SSSR count). The quantitative estimate of drug-likeness (QED) is 0.361.